The van der Waals surface area contributed by atoms with Crippen LogP contribution in [0.15, 0.2) is 43.0 Å². The van der Waals surface area contributed by atoms with E-state index >= 15 is 0 Å². The largest absolute Gasteiger partial charge is 0.392 e. The van der Waals surface area contributed by atoms with Gasteiger partial charge in [-0.25, -0.2) is 0 Å². The molecule has 1 aromatic carbocycles. The van der Waals surface area contributed by atoms with E-state index in [4.69, 9.17) is 0 Å². The molecule has 0 spiro atoms. The first-order valence-electron chi connectivity index (χ1n) is 6.28. The zero-order valence-electron chi connectivity index (χ0n) is 11.2. The number of hydrogen-bond acceptors (Lipinski definition) is 1. The quantitative estimate of drug-likeness (QED) is 0.756. The van der Waals surface area contributed by atoms with Gasteiger partial charge in [0.2, 0.25) is 0 Å². The summed E-state index contributed by atoms with van der Waals surface area (Å²) in [4.78, 5) is 0. The maximum atomic E-state index is 10.3. The number of aliphatic hydroxyl groups excluding tert-OH is 1. The van der Waals surface area contributed by atoms with Crippen LogP contribution < -0.4 is 0 Å². The van der Waals surface area contributed by atoms with Crippen molar-refractivity contribution >= 4 is 0 Å². The van der Waals surface area contributed by atoms with Crippen LogP contribution in [0.3, 0.4) is 0 Å². The molecule has 0 aliphatic carbocycles. The highest BCUT2D eigenvalue weighted by molar-refractivity contribution is 5.21. The molecule has 0 aliphatic rings. The number of benzene rings is 1. The molecule has 0 aromatic heterocycles. The predicted molar refractivity (Wildman–Crippen MR) is 74.1 cm³/mol. The standard InChI is InChI=1S/C16H24O/c1-5-9-15(17)14(12-16(2,3)4)13-10-7-6-8-11-13/h5-8,10-11,14-15,17H,1,9,12H2,2-4H3/t14-,15-/m0/s1. The van der Waals surface area contributed by atoms with Crippen molar-refractivity contribution in [3.8, 4) is 0 Å². The van der Waals surface area contributed by atoms with E-state index in [1.807, 2.05) is 18.2 Å². The first-order valence-corrected chi connectivity index (χ1v) is 6.28. The van der Waals surface area contributed by atoms with Gasteiger partial charge in [-0.15, -0.1) is 6.58 Å². The van der Waals surface area contributed by atoms with Crippen LogP contribution in [0, 0.1) is 5.41 Å². The first kappa shape index (κ1) is 14.0. The van der Waals surface area contributed by atoms with Crippen molar-refractivity contribution in [2.75, 3.05) is 0 Å². The Balaban J connectivity index is 2.90. The van der Waals surface area contributed by atoms with Crippen LogP contribution in [0.4, 0.5) is 0 Å². The third-order valence-corrected chi connectivity index (χ3v) is 2.93. The summed E-state index contributed by atoms with van der Waals surface area (Å²) in [6.45, 7) is 10.3. The van der Waals surface area contributed by atoms with Gasteiger partial charge in [-0.05, 0) is 23.8 Å². The summed E-state index contributed by atoms with van der Waals surface area (Å²) in [5.74, 6) is 0.189. The summed E-state index contributed by atoms with van der Waals surface area (Å²) in [5.41, 5.74) is 1.43. The maximum absolute atomic E-state index is 10.3. The van der Waals surface area contributed by atoms with E-state index in [0.29, 0.717) is 6.42 Å². The molecule has 0 aliphatic heterocycles. The highest BCUT2D eigenvalue weighted by Crippen LogP contribution is 2.34. The summed E-state index contributed by atoms with van der Waals surface area (Å²) in [6, 6.07) is 10.3. The van der Waals surface area contributed by atoms with E-state index in [1.165, 1.54) is 5.56 Å². The maximum Gasteiger partial charge on any atom is 0.0643 e. The van der Waals surface area contributed by atoms with Gasteiger partial charge in [-0.3, -0.25) is 0 Å². The zero-order valence-corrected chi connectivity index (χ0v) is 11.2. The van der Waals surface area contributed by atoms with E-state index < -0.39 is 0 Å². The third kappa shape index (κ3) is 4.74. The van der Waals surface area contributed by atoms with Crippen molar-refractivity contribution in [3.63, 3.8) is 0 Å². The average Bonchev–Trinajstić information content (AvgIpc) is 2.26. The molecular weight excluding hydrogens is 208 g/mol. The summed E-state index contributed by atoms with van der Waals surface area (Å²) < 4.78 is 0. The van der Waals surface area contributed by atoms with Gasteiger partial charge < -0.3 is 5.11 Å². The van der Waals surface area contributed by atoms with Crippen molar-refractivity contribution in [2.45, 2.75) is 45.6 Å². The molecule has 1 aromatic rings. The van der Waals surface area contributed by atoms with Crippen LogP contribution in [-0.2, 0) is 0 Å². The van der Waals surface area contributed by atoms with Gasteiger partial charge in [-0.2, -0.15) is 0 Å². The summed E-state index contributed by atoms with van der Waals surface area (Å²) in [7, 11) is 0. The lowest BCUT2D eigenvalue weighted by Gasteiger charge is -2.29. The van der Waals surface area contributed by atoms with Gasteiger partial charge in [0.05, 0.1) is 6.10 Å². The highest BCUT2D eigenvalue weighted by atomic mass is 16.3. The lowest BCUT2D eigenvalue weighted by atomic mass is 9.78. The van der Waals surface area contributed by atoms with Crippen LogP contribution in [0.5, 0.6) is 0 Å². The second-order valence-electron chi connectivity index (χ2n) is 5.87. The fourth-order valence-electron chi connectivity index (χ4n) is 2.17. The molecule has 0 amide bonds. The van der Waals surface area contributed by atoms with Crippen molar-refractivity contribution < 1.29 is 5.11 Å². The molecule has 1 rings (SSSR count). The van der Waals surface area contributed by atoms with Crippen LogP contribution in [0.2, 0.25) is 0 Å². The number of rotatable bonds is 5. The van der Waals surface area contributed by atoms with Crippen LogP contribution >= 0.6 is 0 Å². The molecule has 1 heteroatoms. The minimum atomic E-state index is -0.339. The smallest absolute Gasteiger partial charge is 0.0643 e. The highest BCUT2D eigenvalue weighted by Gasteiger charge is 2.25. The van der Waals surface area contributed by atoms with Crippen molar-refractivity contribution in [1.29, 1.82) is 0 Å². The Morgan fingerprint density at radius 3 is 2.29 bits per heavy atom. The summed E-state index contributed by atoms with van der Waals surface area (Å²) in [6.07, 6.45) is 3.08. The summed E-state index contributed by atoms with van der Waals surface area (Å²) >= 11 is 0. The van der Waals surface area contributed by atoms with Gasteiger partial charge in [0.15, 0.2) is 0 Å². The Morgan fingerprint density at radius 1 is 1.24 bits per heavy atom. The Morgan fingerprint density at radius 2 is 1.82 bits per heavy atom. The monoisotopic (exact) mass is 232 g/mol. The Bertz CT molecular complexity index is 334. The van der Waals surface area contributed by atoms with Crippen LogP contribution in [-0.4, -0.2) is 11.2 Å². The molecular formula is C16H24O. The molecule has 0 unspecified atom stereocenters. The second kappa shape index (κ2) is 6.02. The topological polar surface area (TPSA) is 20.2 Å². The van der Waals surface area contributed by atoms with E-state index in [0.717, 1.165) is 6.42 Å². The molecule has 94 valence electrons. The molecule has 17 heavy (non-hydrogen) atoms. The fraction of sp³-hybridized carbons (Fsp3) is 0.500. The zero-order chi connectivity index (χ0) is 12.9. The Kier molecular flexibility index (Phi) is 4.95. The first-order chi connectivity index (χ1) is 7.94. The fourth-order valence-corrected chi connectivity index (χ4v) is 2.17. The van der Waals surface area contributed by atoms with Crippen LogP contribution in [0.1, 0.15) is 45.1 Å². The molecule has 0 bridgehead atoms. The normalized spacial score (nSPS) is 15.3. The average molecular weight is 232 g/mol. The van der Waals surface area contributed by atoms with Gasteiger partial charge in [0, 0.05) is 5.92 Å². The van der Waals surface area contributed by atoms with E-state index in [2.05, 4.69) is 39.5 Å². The summed E-state index contributed by atoms with van der Waals surface area (Å²) in [5, 5.41) is 10.3. The third-order valence-electron chi connectivity index (χ3n) is 2.93. The lowest BCUT2D eigenvalue weighted by Crippen LogP contribution is -2.23. The SMILES string of the molecule is C=CC[C@H](O)[C@@H](CC(C)(C)C)c1ccccc1. The number of hydrogen-bond donors (Lipinski definition) is 1. The van der Waals surface area contributed by atoms with Crippen molar-refractivity contribution in [3.05, 3.63) is 48.6 Å². The van der Waals surface area contributed by atoms with Gasteiger partial charge >= 0.3 is 0 Å². The van der Waals surface area contributed by atoms with Gasteiger partial charge in [0.1, 0.15) is 0 Å². The second-order valence-corrected chi connectivity index (χ2v) is 5.87. The number of aliphatic hydroxyl groups is 1. The van der Waals surface area contributed by atoms with E-state index in [9.17, 15) is 5.11 Å². The van der Waals surface area contributed by atoms with E-state index in [-0.39, 0.29) is 17.4 Å². The van der Waals surface area contributed by atoms with Gasteiger partial charge in [-0.1, -0.05) is 57.2 Å². The van der Waals surface area contributed by atoms with Crippen LogP contribution in [0.25, 0.3) is 0 Å². The molecule has 1 nitrogen and oxygen atoms in total. The van der Waals surface area contributed by atoms with Crippen molar-refractivity contribution in [2.24, 2.45) is 5.41 Å². The molecule has 0 heterocycles. The molecule has 0 saturated carbocycles. The van der Waals surface area contributed by atoms with Gasteiger partial charge in [0.25, 0.3) is 0 Å². The molecule has 0 fully saturated rings. The Hall–Kier alpha value is -1.08. The molecule has 1 N–H and O–H groups in total. The van der Waals surface area contributed by atoms with Crippen molar-refractivity contribution in [1.82, 2.24) is 0 Å². The van der Waals surface area contributed by atoms with E-state index in [1.54, 1.807) is 6.08 Å². The molecule has 0 radical (unpaired) electrons. The molecule has 2 atom stereocenters. The predicted octanol–water partition coefficient (Wildman–Crippen LogP) is 4.14. The lowest BCUT2D eigenvalue weighted by molar-refractivity contribution is 0.122. The Labute approximate surface area is 105 Å². The minimum Gasteiger partial charge on any atom is -0.392 e. The minimum absolute atomic E-state index is 0.189. The molecule has 0 saturated heterocycles.